The maximum atomic E-state index is 2.51. The van der Waals surface area contributed by atoms with E-state index < -0.39 is 0 Å². The van der Waals surface area contributed by atoms with Crippen LogP contribution in [0.2, 0.25) is 0 Å². The average Bonchev–Trinajstić information content (AvgIpc) is 2.35. The highest BCUT2D eigenvalue weighted by molar-refractivity contribution is 5.00. The lowest BCUT2D eigenvalue weighted by atomic mass is 9.76. The molecule has 13 heavy (non-hydrogen) atoms. The standard InChI is InChI=1S/C12H21N/c1-13-6-4-12(5-7-13)8-10-2-3-11(10)9-12/h10-11H,2-9H2,1H3. The van der Waals surface area contributed by atoms with Crippen LogP contribution in [0.25, 0.3) is 0 Å². The SMILES string of the molecule is CN1CCC2(CC1)CC1CCC1C2. The molecule has 1 heteroatoms. The molecule has 1 aliphatic heterocycles. The van der Waals surface area contributed by atoms with E-state index in [1.807, 2.05) is 0 Å². The fraction of sp³-hybridized carbons (Fsp3) is 1.00. The van der Waals surface area contributed by atoms with Gasteiger partial charge in [-0.3, -0.25) is 0 Å². The molecule has 2 atom stereocenters. The summed E-state index contributed by atoms with van der Waals surface area (Å²) in [6.07, 6.45) is 9.29. The Hall–Kier alpha value is -0.0400. The van der Waals surface area contributed by atoms with Gasteiger partial charge in [0.25, 0.3) is 0 Å². The molecular weight excluding hydrogens is 158 g/mol. The van der Waals surface area contributed by atoms with E-state index in [0.29, 0.717) is 0 Å². The summed E-state index contributed by atoms with van der Waals surface area (Å²) in [5.74, 6) is 2.31. The molecule has 0 N–H and O–H groups in total. The molecule has 0 aromatic carbocycles. The lowest BCUT2D eigenvalue weighted by Gasteiger charge is -2.38. The first-order chi connectivity index (χ1) is 6.27. The van der Waals surface area contributed by atoms with Crippen LogP contribution in [0.15, 0.2) is 0 Å². The molecule has 0 aromatic heterocycles. The van der Waals surface area contributed by atoms with Gasteiger partial charge in [0.2, 0.25) is 0 Å². The summed E-state index contributed by atoms with van der Waals surface area (Å²) >= 11 is 0. The van der Waals surface area contributed by atoms with Crippen molar-refractivity contribution in [2.45, 2.75) is 38.5 Å². The lowest BCUT2D eigenvalue weighted by molar-refractivity contribution is 0.124. The van der Waals surface area contributed by atoms with Crippen molar-refractivity contribution in [2.24, 2.45) is 17.3 Å². The van der Waals surface area contributed by atoms with Crippen LogP contribution in [0.3, 0.4) is 0 Å². The molecule has 2 saturated carbocycles. The van der Waals surface area contributed by atoms with Crippen LogP contribution in [0.1, 0.15) is 38.5 Å². The molecule has 3 aliphatic rings. The zero-order valence-corrected chi connectivity index (χ0v) is 8.76. The van der Waals surface area contributed by atoms with E-state index in [0.717, 1.165) is 17.3 Å². The van der Waals surface area contributed by atoms with Gasteiger partial charge in [0.1, 0.15) is 0 Å². The van der Waals surface area contributed by atoms with Gasteiger partial charge in [0, 0.05) is 0 Å². The van der Waals surface area contributed by atoms with Gasteiger partial charge in [0.15, 0.2) is 0 Å². The second-order valence-electron chi connectivity index (χ2n) is 5.81. The van der Waals surface area contributed by atoms with E-state index in [1.165, 1.54) is 25.9 Å². The highest BCUT2D eigenvalue weighted by Crippen LogP contribution is 2.58. The summed E-state index contributed by atoms with van der Waals surface area (Å²) in [5.41, 5.74) is 0.818. The Morgan fingerprint density at radius 3 is 2.00 bits per heavy atom. The molecule has 3 rings (SSSR count). The van der Waals surface area contributed by atoms with E-state index in [4.69, 9.17) is 0 Å². The second kappa shape index (κ2) is 2.73. The number of nitrogens with zero attached hydrogens (tertiary/aromatic N) is 1. The van der Waals surface area contributed by atoms with Crippen molar-refractivity contribution in [1.29, 1.82) is 0 Å². The largest absolute Gasteiger partial charge is 0.306 e. The van der Waals surface area contributed by atoms with Crippen LogP contribution in [0.4, 0.5) is 0 Å². The third-order valence-electron chi connectivity index (χ3n) is 5.01. The normalized spacial score (nSPS) is 43.2. The summed E-state index contributed by atoms with van der Waals surface area (Å²) in [4.78, 5) is 2.51. The number of likely N-dealkylation sites (tertiary alicyclic amines) is 1. The Bertz CT molecular complexity index is 189. The first-order valence-electron chi connectivity index (χ1n) is 5.96. The molecule has 3 fully saturated rings. The zero-order chi connectivity index (χ0) is 8.89. The summed E-state index contributed by atoms with van der Waals surface area (Å²) in [6.45, 7) is 2.72. The third-order valence-corrected chi connectivity index (χ3v) is 5.01. The number of hydrogen-bond donors (Lipinski definition) is 0. The van der Waals surface area contributed by atoms with E-state index in [-0.39, 0.29) is 0 Å². The first kappa shape index (κ1) is 8.28. The molecule has 0 amide bonds. The summed E-state index contributed by atoms with van der Waals surface area (Å²) in [7, 11) is 2.27. The van der Waals surface area contributed by atoms with Crippen molar-refractivity contribution in [3.05, 3.63) is 0 Å². The molecule has 2 unspecified atom stereocenters. The predicted octanol–water partition coefficient (Wildman–Crippen LogP) is 2.52. The molecule has 0 bridgehead atoms. The van der Waals surface area contributed by atoms with Crippen molar-refractivity contribution >= 4 is 0 Å². The molecule has 0 radical (unpaired) electrons. The Morgan fingerprint density at radius 1 is 1.00 bits per heavy atom. The molecule has 1 heterocycles. The molecule has 2 aliphatic carbocycles. The highest BCUT2D eigenvalue weighted by atomic mass is 15.1. The van der Waals surface area contributed by atoms with E-state index in [1.54, 1.807) is 25.7 Å². The van der Waals surface area contributed by atoms with Crippen molar-refractivity contribution in [3.8, 4) is 0 Å². The van der Waals surface area contributed by atoms with Gasteiger partial charge < -0.3 is 4.90 Å². The molecule has 1 spiro atoms. The van der Waals surface area contributed by atoms with Gasteiger partial charge in [-0.15, -0.1) is 0 Å². The number of rotatable bonds is 0. The number of fused-ring (bicyclic) bond motifs is 1. The van der Waals surface area contributed by atoms with Gasteiger partial charge in [-0.2, -0.15) is 0 Å². The quantitative estimate of drug-likeness (QED) is 0.552. The van der Waals surface area contributed by atoms with E-state index in [2.05, 4.69) is 11.9 Å². The molecular formula is C12H21N. The van der Waals surface area contributed by atoms with E-state index >= 15 is 0 Å². The van der Waals surface area contributed by atoms with E-state index in [9.17, 15) is 0 Å². The first-order valence-corrected chi connectivity index (χ1v) is 5.96. The Balaban J connectivity index is 1.69. The van der Waals surface area contributed by atoms with Crippen molar-refractivity contribution in [1.82, 2.24) is 4.90 Å². The monoisotopic (exact) mass is 179 g/mol. The number of hydrogen-bond acceptors (Lipinski definition) is 1. The highest BCUT2D eigenvalue weighted by Gasteiger charge is 2.49. The summed E-state index contributed by atoms with van der Waals surface area (Å²) < 4.78 is 0. The minimum atomic E-state index is 0.818. The average molecular weight is 179 g/mol. The van der Waals surface area contributed by atoms with Crippen LogP contribution in [-0.4, -0.2) is 25.0 Å². The van der Waals surface area contributed by atoms with Gasteiger partial charge in [0.05, 0.1) is 0 Å². The molecule has 74 valence electrons. The Labute approximate surface area is 81.5 Å². The Morgan fingerprint density at radius 2 is 1.54 bits per heavy atom. The molecule has 1 nitrogen and oxygen atoms in total. The zero-order valence-electron chi connectivity index (χ0n) is 8.76. The van der Waals surface area contributed by atoms with Crippen LogP contribution in [-0.2, 0) is 0 Å². The minimum Gasteiger partial charge on any atom is -0.306 e. The van der Waals surface area contributed by atoms with Crippen LogP contribution in [0, 0.1) is 17.3 Å². The van der Waals surface area contributed by atoms with Crippen LogP contribution < -0.4 is 0 Å². The Kier molecular flexibility index (Phi) is 1.74. The number of piperidine rings is 1. The predicted molar refractivity (Wildman–Crippen MR) is 54.6 cm³/mol. The summed E-state index contributed by atoms with van der Waals surface area (Å²) in [5, 5.41) is 0. The lowest BCUT2D eigenvalue weighted by Crippen LogP contribution is -2.36. The van der Waals surface area contributed by atoms with Gasteiger partial charge in [-0.25, -0.2) is 0 Å². The molecule has 1 saturated heterocycles. The minimum absolute atomic E-state index is 0.818. The topological polar surface area (TPSA) is 3.24 Å². The van der Waals surface area contributed by atoms with Crippen molar-refractivity contribution in [3.63, 3.8) is 0 Å². The fourth-order valence-electron chi connectivity index (χ4n) is 3.87. The second-order valence-corrected chi connectivity index (χ2v) is 5.81. The van der Waals surface area contributed by atoms with Crippen LogP contribution >= 0.6 is 0 Å². The van der Waals surface area contributed by atoms with Crippen molar-refractivity contribution in [2.75, 3.05) is 20.1 Å². The smallest absolute Gasteiger partial charge is 0.00165 e. The third kappa shape index (κ3) is 1.24. The van der Waals surface area contributed by atoms with Gasteiger partial charge in [-0.1, -0.05) is 0 Å². The van der Waals surface area contributed by atoms with Gasteiger partial charge in [-0.05, 0) is 75.9 Å². The van der Waals surface area contributed by atoms with Crippen LogP contribution in [0.5, 0.6) is 0 Å². The van der Waals surface area contributed by atoms with Crippen molar-refractivity contribution < 1.29 is 0 Å². The maximum Gasteiger partial charge on any atom is -0.00165 e. The summed E-state index contributed by atoms with van der Waals surface area (Å²) in [6, 6.07) is 0. The maximum absolute atomic E-state index is 2.51. The molecule has 0 aromatic rings. The fourth-order valence-corrected chi connectivity index (χ4v) is 3.87. The van der Waals surface area contributed by atoms with Gasteiger partial charge >= 0.3 is 0 Å².